The lowest BCUT2D eigenvalue weighted by Gasteiger charge is -2.27. The Morgan fingerprint density at radius 1 is 1.00 bits per heavy atom. The first kappa shape index (κ1) is 21.6. The monoisotopic (exact) mass is 413 g/mol. The first-order valence-electron chi connectivity index (χ1n) is 10.3. The molecule has 2 aromatic rings. The van der Waals surface area contributed by atoms with Crippen molar-refractivity contribution in [2.24, 2.45) is 4.99 Å². The number of anilines is 1. The number of methoxy groups -OCH3 is 3. The third kappa shape index (κ3) is 5.28. The topological polar surface area (TPSA) is 73.3 Å². The van der Waals surface area contributed by atoms with Gasteiger partial charge in [0.2, 0.25) is 5.75 Å². The van der Waals surface area contributed by atoms with E-state index in [0.717, 1.165) is 36.4 Å². The molecule has 0 spiro atoms. The fourth-order valence-corrected chi connectivity index (χ4v) is 3.18. The van der Waals surface area contributed by atoms with E-state index in [0.29, 0.717) is 35.9 Å². The average molecular weight is 414 g/mol. The summed E-state index contributed by atoms with van der Waals surface area (Å²) >= 11 is 0. The van der Waals surface area contributed by atoms with Crippen molar-refractivity contribution in [2.45, 2.75) is 38.8 Å². The number of nitrogens with one attached hydrogen (secondary N) is 2. The van der Waals surface area contributed by atoms with Crippen LogP contribution in [0.25, 0.3) is 0 Å². The van der Waals surface area contributed by atoms with Gasteiger partial charge < -0.3 is 29.6 Å². The summed E-state index contributed by atoms with van der Waals surface area (Å²) in [5, 5.41) is 6.59. The van der Waals surface area contributed by atoms with Crippen LogP contribution in [0.5, 0.6) is 23.0 Å². The van der Waals surface area contributed by atoms with E-state index in [1.54, 1.807) is 21.3 Å². The lowest BCUT2D eigenvalue weighted by molar-refractivity contribution is 0.119. The van der Waals surface area contributed by atoms with Crippen LogP contribution in [0, 0.1) is 0 Å². The van der Waals surface area contributed by atoms with Gasteiger partial charge in [-0.25, -0.2) is 4.99 Å². The van der Waals surface area contributed by atoms with Gasteiger partial charge in [0.25, 0.3) is 0 Å². The highest BCUT2D eigenvalue weighted by Gasteiger charge is 2.20. The maximum atomic E-state index is 6.12. The summed E-state index contributed by atoms with van der Waals surface area (Å²) < 4.78 is 22.4. The van der Waals surface area contributed by atoms with Gasteiger partial charge in [-0.15, -0.1) is 0 Å². The minimum Gasteiger partial charge on any atom is -0.493 e. The Morgan fingerprint density at radius 3 is 2.27 bits per heavy atom. The molecule has 162 valence electrons. The summed E-state index contributed by atoms with van der Waals surface area (Å²) in [6.07, 6.45) is 3.83. The Bertz CT molecular complexity index is 840. The van der Waals surface area contributed by atoms with E-state index in [4.69, 9.17) is 23.9 Å². The molecule has 0 unspecified atom stereocenters. The summed E-state index contributed by atoms with van der Waals surface area (Å²) in [6, 6.07) is 11.8. The van der Waals surface area contributed by atoms with Gasteiger partial charge in [-0.05, 0) is 32.3 Å². The Kier molecular flexibility index (Phi) is 7.65. The van der Waals surface area contributed by atoms with E-state index in [1.807, 2.05) is 37.3 Å². The molecule has 0 aromatic heterocycles. The normalized spacial score (nSPS) is 13.9. The molecule has 0 bridgehead atoms. The van der Waals surface area contributed by atoms with Crippen LogP contribution in [0.3, 0.4) is 0 Å². The molecule has 0 heterocycles. The summed E-state index contributed by atoms with van der Waals surface area (Å²) in [5.74, 6) is 3.28. The zero-order chi connectivity index (χ0) is 21.3. The third-order valence-electron chi connectivity index (χ3n) is 5.00. The number of ether oxygens (including phenoxy) is 4. The van der Waals surface area contributed by atoms with E-state index in [-0.39, 0.29) is 0 Å². The van der Waals surface area contributed by atoms with Gasteiger partial charge in [-0.3, -0.25) is 0 Å². The molecule has 3 rings (SSSR count). The van der Waals surface area contributed by atoms with Crippen LogP contribution in [-0.4, -0.2) is 39.9 Å². The Balaban J connectivity index is 1.79. The molecule has 1 saturated carbocycles. The highest BCUT2D eigenvalue weighted by atomic mass is 16.5. The van der Waals surface area contributed by atoms with Gasteiger partial charge in [0.1, 0.15) is 5.75 Å². The molecule has 7 heteroatoms. The van der Waals surface area contributed by atoms with Crippen molar-refractivity contribution in [1.29, 1.82) is 0 Å². The Hall–Kier alpha value is -3.09. The van der Waals surface area contributed by atoms with E-state index in [9.17, 15) is 0 Å². The highest BCUT2D eigenvalue weighted by Crippen LogP contribution is 2.39. The summed E-state index contributed by atoms with van der Waals surface area (Å²) in [4.78, 5) is 4.75. The number of aliphatic imine (C=N–C) groups is 1. The largest absolute Gasteiger partial charge is 0.493 e. The molecule has 1 aliphatic rings. The summed E-state index contributed by atoms with van der Waals surface area (Å²) in [6.45, 7) is 3.26. The zero-order valence-corrected chi connectivity index (χ0v) is 18.2. The van der Waals surface area contributed by atoms with Crippen molar-refractivity contribution in [1.82, 2.24) is 5.32 Å². The SMILES string of the molecule is CCNC(=NCc1ccccc1OC1CCC1)Nc1cc(OC)c(OC)c(OC)c1. The number of guanidine groups is 1. The Morgan fingerprint density at radius 2 is 1.70 bits per heavy atom. The van der Waals surface area contributed by atoms with Crippen LogP contribution in [0.15, 0.2) is 41.4 Å². The summed E-state index contributed by atoms with van der Waals surface area (Å²) in [5.41, 5.74) is 1.84. The zero-order valence-electron chi connectivity index (χ0n) is 18.2. The van der Waals surface area contributed by atoms with Crippen molar-refractivity contribution < 1.29 is 18.9 Å². The van der Waals surface area contributed by atoms with Crippen LogP contribution in [-0.2, 0) is 6.54 Å². The third-order valence-corrected chi connectivity index (χ3v) is 5.00. The summed E-state index contributed by atoms with van der Waals surface area (Å²) in [7, 11) is 4.78. The van der Waals surface area contributed by atoms with Gasteiger partial charge in [-0.1, -0.05) is 18.2 Å². The Labute approximate surface area is 178 Å². The fraction of sp³-hybridized carbons (Fsp3) is 0.435. The predicted octanol–water partition coefficient (Wildman–Crippen LogP) is 4.22. The second-order valence-corrected chi connectivity index (χ2v) is 7.01. The number of rotatable bonds is 9. The van der Waals surface area contributed by atoms with Crippen molar-refractivity contribution in [3.8, 4) is 23.0 Å². The van der Waals surface area contributed by atoms with Crippen LogP contribution < -0.4 is 29.6 Å². The van der Waals surface area contributed by atoms with E-state index in [1.165, 1.54) is 6.42 Å². The standard InChI is InChI=1S/C23H31N3O4/c1-5-24-23(26-17-13-20(27-2)22(29-4)21(14-17)28-3)25-15-16-9-6-7-12-19(16)30-18-10-8-11-18/h6-7,9,12-14,18H,5,8,10-11,15H2,1-4H3,(H2,24,25,26). The van der Waals surface area contributed by atoms with Gasteiger partial charge >= 0.3 is 0 Å². The number of para-hydroxylation sites is 1. The van der Waals surface area contributed by atoms with Crippen LogP contribution in [0.4, 0.5) is 5.69 Å². The minimum atomic E-state index is 0.334. The second kappa shape index (κ2) is 10.6. The molecule has 30 heavy (non-hydrogen) atoms. The maximum absolute atomic E-state index is 6.12. The van der Waals surface area contributed by atoms with Gasteiger partial charge in [0.05, 0.1) is 34.0 Å². The lowest BCUT2D eigenvalue weighted by Crippen LogP contribution is -2.30. The molecule has 0 aliphatic heterocycles. The van der Waals surface area contributed by atoms with Crippen molar-refractivity contribution >= 4 is 11.6 Å². The fourth-order valence-electron chi connectivity index (χ4n) is 3.18. The van der Waals surface area contributed by atoms with E-state index < -0.39 is 0 Å². The number of nitrogens with zero attached hydrogens (tertiary/aromatic N) is 1. The minimum absolute atomic E-state index is 0.334. The first-order chi connectivity index (χ1) is 14.7. The molecule has 1 aliphatic carbocycles. The lowest BCUT2D eigenvalue weighted by atomic mass is 9.96. The van der Waals surface area contributed by atoms with Crippen molar-refractivity contribution in [2.75, 3.05) is 33.2 Å². The number of benzene rings is 2. The number of hydrogen-bond donors (Lipinski definition) is 2. The van der Waals surface area contributed by atoms with E-state index >= 15 is 0 Å². The highest BCUT2D eigenvalue weighted by molar-refractivity contribution is 5.94. The molecule has 0 atom stereocenters. The predicted molar refractivity (Wildman–Crippen MR) is 119 cm³/mol. The first-order valence-corrected chi connectivity index (χ1v) is 10.3. The quantitative estimate of drug-likeness (QED) is 0.474. The smallest absolute Gasteiger partial charge is 0.203 e. The van der Waals surface area contributed by atoms with E-state index in [2.05, 4.69) is 16.7 Å². The molecule has 0 radical (unpaired) electrons. The number of hydrogen-bond acceptors (Lipinski definition) is 5. The van der Waals surface area contributed by atoms with Crippen molar-refractivity contribution in [3.05, 3.63) is 42.0 Å². The molecule has 7 nitrogen and oxygen atoms in total. The maximum Gasteiger partial charge on any atom is 0.203 e. The van der Waals surface area contributed by atoms with Crippen LogP contribution in [0.2, 0.25) is 0 Å². The molecular weight excluding hydrogens is 382 g/mol. The molecule has 1 fully saturated rings. The average Bonchev–Trinajstić information content (AvgIpc) is 2.74. The molecule has 0 amide bonds. The molecule has 2 N–H and O–H groups in total. The van der Waals surface area contributed by atoms with Gasteiger partial charge in [-0.2, -0.15) is 0 Å². The molecule has 0 saturated heterocycles. The van der Waals surface area contributed by atoms with Crippen molar-refractivity contribution in [3.63, 3.8) is 0 Å². The second-order valence-electron chi connectivity index (χ2n) is 7.01. The van der Waals surface area contributed by atoms with Crippen LogP contribution in [0.1, 0.15) is 31.7 Å². The van der Waals surface area contributed by atoms with Gasteiger partial charge in [0.15, 0.2) is 17.5 Å². The van der Waals surface area contributed by atoms with Crippen LogP contribution >= 0.6 is 0 Å². The van der Waals surface area contributed by atoms with Gasteiger partial charge in [0, 0.05) is 29.9 Å². The molecular formula is C23H31N3O4. The molecule has 2 aromatic carbocycles.